The molecule has 55 heavy (non-hydrogen) atoms. The topological polar surface area (TPSA) is 170 Å². The van der Waals surface area contributed by atoms with Crippen LogP contribution in [0.3, 0.4) is 0 Å². The van der Waals surface area contributed by atoms with Crippen molar-refractivity contribution in [1.29, 1.82) is 0 Å². The van der Waals surface area contributed by atoms with Crippen molar-refractivity contribution in [1.82, 2.24) is 20.0 Å². The molecule has 0 aliphatic heterocycles. The van der Waals surface area contributed by atoms with E-state index in [1.54, 1.807) is 44.4 Å². The minimum absolute atomic E-state index is 0.0730. The molecule has 0 heterocycles. The van der Waals surface area contributed by atoms with Gasteiger partial charge in [0.25, 0.3) is 0 Å². The molecule has 15 heteroatoms. The van der Waals surface area contributed by atoms with Crippen molar-refractivity contribution in [2.75, 3.05) is 91.9 Å². The van der Waals surface area contributed by atoms with E-state index in [4.69, 9.17) is 30.1 Å². The summed E-state index contributed by atoms with van der Waals surface area (Å²) >= 11 is 0. The molecule has 0 aliphatic carbocycles. The number of terminal acetylenes is 1. The predicted octanol–water partition coefficient (Wildman–Crippen LogP) is 2.17. The zero-order valence-corrected chi connectivity index (χ0v) is 33.4. The summed E-state index contributed by atoms with van der Waals surface area (Å²) in [5, 5.41) is 2.87. The largest absolute Gasteiger partial charge is 0.465 e. The average Bonchev–Trinajstić information content (AvgIpc) is 3.13. The average molecular weight is 775 g/mol. The van der Waals surface area contributed by atoms with E-state index >= 15 is 0 Å². The van der Waals surface area contributed by atoms with Crippen LogP contribution in [-0.2, 0) is 65.3 Å². The summed E-state index contributed by atoms with van der Waals surface area (Å²) in [6.45, 7) is 10.0. The zero-order chi connectivity index (χ0) is 40.8. The van der Waals surface area contributed by atoms with Gasteiger partial charge >= 0.3 is 29.8 Å². The molecule has 0 aliphatic rings. The van der Waals surface area contributed by atoms with E-state index in [0.29, 0.717) is 45.1 Å². The molecular formula is C40H62N4O11. The van der Waals surface area contributed by atoms with Crippen molar-refractivity contribution in [3.8, 4) is 12.3 Å². The monoisotopic (exact) mass is 774 g/mol. The summed E-state index contributed by atoms with van der Waals surface area (Å²) in [5.41, 5.74) is 2.14. The number of hydrogen-bond acceptors (Lipinski definition) is 14. The quantitative estimate of drug-likeness (QED) is 0.0686. The predicted molar refractivity (Wildman–Crippen MR) is 206 cm³/mol. The number of rotatable bonds is 30. The minimum atomic E-state index is -0.726. The third-order valence-corrected chi connectivity index (χ3v) is 8.24. The van der Waals surface area contributed by atoms with Gasteiger partial charge in [-0.3, -0.25) is 43.5 Å². The summed E-state index contributed by atoms with van der Waals surface area (Å²) < 4.78 is 26.1. The van der Waals surface area contributed by atoms with Crippen LogP contribution in [-0.4, -0.2) is 148 Å². The Hall–Kier alpha value is -4.52. The lowest BCUT2D eigenvalue weighted by Crippen LogP contribution is -2.50. The van der Waals surface area contributed by atoms with Crippen LogP contribution >= 0.6 is 0 Å². The normalized spacial score (nSPS) is 11.5. The van der Waals surface area contributed by atoms with Gasteiger partial charge in [-0.05, 0) is 71.4 Å². The molecule has 15 nitrogen and oxygen atoms in total. The number of hydrogen-bond donors (Lipinski definition) is 1. The second-order valence-corrected chi connectivity index (χ2v) is 12.5. The summed E-state index contributed by atoms with van der Waals surface area (Å²) in [4.78, 5) is 80.5. The van der Waals surface area contributed by atoms with E-state index in [1.165, 1.54) is 0 Å². The van der Waals surface area contributed by atoms with Crippen LogP contribution in [0.5, 0.6) is 0 Å². The minimum Gasteiger partial charge on any atom is -0.465 e. The number of carbonyl (C=O) groups is 6. The molecule has 0 radical (unpaired) electrons. The Labute approximate surface area is 326 Å². The second kappa shape index (κ2) is 29.8. The molecule has 0 bridgehead atoms. The number of carbonyl (C=O) groups excluding carboxylic acids is 6. The fourth-order valence-corrected chi connectivity index (χ4v) is 5.63. The van der Waals surface area contributed by atoms with Crippen molar-refractivity contribution in [2.45, 2.75) is 79.2 Å². The van der Waals surface area contributed by atoms with Crippen molar-refractivity contribution >= 4 is 35.8 Å². The molecule has 1 unspecified atom stereocenters. The summed E-state index contributed by atoms with van der Waals surface area (Å²) in [5.74, 6) is -0.0824. The van der Waals surface area contributed by atoms with Gasteiger partial charge in [-0.15, -0.1) is 12.3 Å². The van der Waals surface area contributed by atoms with Crippen molar-refractivity contribution in [3.05, 3.63) is 35.4 Å². The third kappa shape index (κ3) is 22.5. The maximum atomic E-state index is 13.6. The first kappa shape index (κ1) is 48.5. The Bertz CT molecular complexity index is 1260. The molecule has 308 valence electrons. The fourth-order valence-electron chi connectivity index (χ4n) is 5.63. The van der Waals surface area contributed by atoms with Gasteiger partial charge < -0.3 is 29.0 Å². The van der Waals surface area contributed by atoms with Crippen LogP contribution < -0.4 is 5.32 Å². The Morgan fingerprint density at radius 1 is 0.636 bits per heavy atom. The highest BCUT2D eigenvalue weighted by atomic mass is 16.5. The van der Waals surface area contributed by atoms with E-state index in [0.717, 1.165) is 11.1 Å². The number of benzene rings is 1. The summed E-state index contributed by atoms with van der Waals surface area (Å²) in [6.07, 6.45) is 8.32. The molecule has 0 aromatic heterocycles. The van der Waals surface area contributed by atoms with Gasteiger partial charge in [-0.1, -0.05) is 24.3 Å². The van der Waals surface area contributed by atoms with Gasteiger partial charge in [0.15, 0.2) is 0 Å². The van der Waals surface area contributed by atoms with Gasteiger partial charge in [0.05, 0.1) is 59.2 Å². The fraction of sp³-hybridized carbons (Fsp3) is 0.650. The number of ether oxygens (including phenoxy) is 5. The lowest BCUT2D eigenvalue weighted by molar-refractivity contribution is -0.152. The van der Waals surface area contributed by atoms with Crippen molar-refractivity contribution in [2.24, 2.45) is 0 Å². The zero-order valence-electron chi connectivity index (χ0n) is 33.4. The maximum Gasteiger partial charge on any atom is 0.323 e. The van der Waals surface area contributed by atoms with Gasteiger partial charge in [0.2, 0.25) is 5.91 Å². The van der Waals surface area contributed by atoms with Gasteiger partial charge in [0, 0.05) is 45.6 Å². The lowest BCUT2D eigenvalue weighted by atomic mass is 10.0. The van der Waals surface area contributed by atoms with Gasteiger partial charge in [-0.25, -0.2) is 0 Å². The molecule has 0 saturated heterocycles. The summed E-state index contributed by atoms with van der Waals surface area (Å²) in [7, 11) is 0. The van der Waals surface area contributed by atoms with Crippen LogP contribution in [0.15, 0.2) is 24.3 Å². The van der Waals surface area contributed by atoms with E-state index < -0.39 is 35.9 Å². The van der Waals surface area contributed by atoms with Crippen LogP contribution in [0.4, 0.5) is 0 Å². The first-order valence-corrected chi connectivity index (χ1v) is 19.3. The Morgan fingerprint density at radius 2 is 1.05 bits per heavy atom. The molecule has 1 aromatic carbocycles. The van der Waals surface area contributed by atoms with Gasteiger partial charge in [-0.2, -0.15) is 0 Å². The highest BCUT2D eigenvalue weighted by Crippen LogP contribution is 2.15. The molecule has 1 N–H and O–H groups in total. The Morgan fingerprint density at radius 3 is 1.45 bits per heavy atom. The second-order valence-electron chi connectivity index (χ2n) is 12.5. The standard InChI is InChI=1S/C40H62N4O11/c1-7-13-17-35(45)41-23-22-33-20-18-32(19-21-33)15-14-16-34(40(50)55-12-6)44(26-24-42(28-36(46)51-8-2)29-37(47)52-9-3)27-25-43(30-38(48)53-10-4)31-39(49)54-11-5/h1,18-21,34H,8-17,22-31H2,2-6H3,(H,41,45). The molecule has 1 amide bonds. The smallest absolute Gasteiger partial charge is 0.323 e. The van der Waals surface area contributed by atoms with Crippen LogP contribution in [0, 0.1) is 12.3 Å². The number of amides is 1. The first-order valence-electron chi connectivity index (χ1n) is 19.3. The van der Waals surface area contributed by atoms with E-state index in [-0.39, 0.29) is 91.3 Å². The molecule has 0 saturated carbocycles. The Balaban J connectivity index is 3.26. The third-order valence-electron chi connectivity index (χ3n) is 8.24. The van der Waals surface area contributed by atoms with Crippen LogP contribution in [0.2, 0.25) is 0 Å². The highest BCUT2D eigenvalue weighted by Gasteiger charge is 2.29. The van der Waals surface area contributed by atoms with E-state index in [2.05, 4.69) is 11.2 Å². The first-order chi connectivity index (χ1) is 26.5. The van der Waals surface area contributed by atoms with E-state index in [9.17, 15) is 28.8 Å². The maximum absolute atomic E-state index is 13.6. The van der Waals surface area contributed by atoms with E-state index in [1.807, 2.05) is 29.2 Å². The number of nitrogens with zero attached hydrogens (tertiary/aromatic N) is 3. The van der Waals surface area contributed by atoms with Crippen molar-refractivity contribution in [3.63, 3.8) is 0 Å². The molecule has 1 aromatic rings. The van der Waals surface area contributed by atoms with Crippen LogP contribution in [0.1, 0.15) is 71.4 Å². The number of aryl methyl sites for hydroxylation is 1. The molecular weight excluding hydrogens is 712 g/mol. The molecule has 1 atom stereocenters. The molecule has 1 rings (SSSR count). The van der Waals surface area contributed by atoms with Crippen LogP contribution in [0.25, 0.3) is 0 Å². The highest BCUT2D eigenvalue weighted by molar-refractivity contribution is 5.77. The van der Waals surface area contributed by atoms with Crippen molar-refractivity contribution < 1.29 is 52.5 Å². The molecule has 0 spiro atoms. The lowest BCUT2D eigenvalue weighted by Gasteiger charge is -2.33. The summed E-state index contributed by atoms with van der Waals surface area (Å²) in [6, 6.07) is 7.36. The van der Waals surface area contributed by atoms with Gasteiger partial charge in [0.1, 0.15) is 6.04 Å². The number of nitrogens with one attached hydrogen (secondary N) is 1. The number of esters is 5. The SMILES string of the molecule is C#CCCC(=O)NCCc1ccc(CCCC(C(=O)OCC)N(CCN(CC(=O)OCC)CC(=O)OCC)CCN(CC(=O)OCC)CC(=O)OCC)cc1. The Kier molecular flexibility index (Phi) is 26.3. The molecule has 0 fully saturated rings.